The number of halogens is 1. The molecule has 1 rings (SSSR count). The predicted molar refractivity (Wildman–Crippen MR) is 82.5 cm³/mol. The number of imide groups is 1. The van der Waals surface area contributed by atoms with Crippen molar-refractivity contribution in [1.82, 2.24) is 15.5 Å². The molecular weight excluding hydrogens is 322 g/mol. The monoisotopic (exact) mass is 341 g/mol. The van der Waals surface area contributed by atoms with Gasteiger partial charge in [-0.2, -0.15) is 0 Å². The lowest BCUT2D eigenvalue weighted by Gasteiger charge is -2.23. The Kier molecular flexibility index (Phi) is 6.67. The molecule has 6 heteroatoms. The number of nitrogens with one attached hydrogen (secondary N) is 2. The molecule has 0 saturated carbocycles. The zero-order valence-electron chi connectivity index (χ0n) is 11.9. The van der Waals surface area contributed by atoms with Crippen LogP contribution in [0.5, 0.6) is 0 Å². The summed E-state index contributed by atoms with van der Waals surface area (Å²) in [6, 6.07) is 7.25. The maximum absolute atomic E-state index is 11.8. The van der Waals surface area contributed by atoms with Crippen molar-refractivity contribution < 1.29 is 9.59 Å². The van der Waals surface area contributed by atoms with Gasteiger partial charge in [0.2, 0.25) is 5.91 Å². The van der Waals surface area contributed by atoms with E-state index in [1.807, 2.05) is 36.2 Å². The summed E-state index contributed by atoms with van der Waals surface area (Å²) >= 11 is 3.40. The van der Waals surface area contributed by atoms with E-state index < -0.39 is 6.03 Å². The second kappa shape index (κ2) is 8.01. The molecule has 0 aliphatic rings. The van der Waals surface area contributed by atoms with Gasteiger partial charge >= 0.3 is 6.03 Å². The zero-order valence-corrected chi connectivity index (χ0v) is 13.5. The Morgan fingerprint density at radius 1 is 1.30 bits per heavy atom. The van der Waals surface area contributed by atoms with Gasteiger partial charge in [0.25, 0.3) is 0 Å². The van der Waals surface area contributed by atoms with Crippen molar-refractivity contribution >= 4 is 27.9 Å². The summed E-state index contributed by atoms with van der Waals surface area (Å²) in [5.74, 6) is -0.303. The molecule has 20 heavy (non-hydrogen) atoms. The van der Waals surface area contributed by atoms with Crippen LogP contribution in [0.4, 0.5) is 4.79 Å². The molecular formula is C14H20BrN3O2. The van der Waals surface area contributed by atoms with Crippen molar-refractivity contribution in [2.75, 3.05) is 20.6 Å². The van der Waals surface area contributed by atoms with E-state index in [-0.39, 0.29) is 11.9 Å². The van der Waals surface area contributed by atoms with Crippen LogP contribution in [0.15, 0.2) is 28.7 Å². The molecule has 0 heterocycles. The van der Waals surface area contributed by atoms with Crippen LogP contribution in [0.25, 0.3) is 0 Å². The second-order valence-electron chi connectivity index (χ2n) is 4.60. The highest BCUT2D eigenvalue weighted by atomic mass is 79.9. The lowest BCUT2D eigenvalue weighted by atomic mass is 10.1. The molecule has 0 aliphatic heterocycles. The summed E-state index contributed by atoms with van der Waals surface area (Å²) in [4.78, 5) is 24.8. The van der Waals surface area contributed by atoms with Crippen LogP contribution < -0.4 is 10.6 Å². The van der Waals surface area contributed by atoms with Crippen molar-refractivity contribution in [3.8, 4) is 0 Å². The molecule has 5 nitrogen and oxygen atoms in total. The maximum atomic E-state index is 11.8. The maximum Gasteiger partial charge on any atom is 0.321 e. The van der Waals surface area contributed by atoms with Crippen LogP contribution in [0.1, 0.15) is 12.5 Å². The summed E-state index contributed by atoms with van der Waals surface area (Å²) in [7, 11) is 3.34. The van der Waals surface area contributed by atoms with Crippen LogP contribution in [0.3, 0.4) is 0 Å². The number of urea groups is 1. The van der Waals surface area contributed by atoms with Gasteiger partial charge in [-0.05, 0) is 38.1 Å². The van der Waals surface area contributed by atoms with Crippen LogP contribution >= 0.6 is 15.9 Å². The van der Waals surface area contributed by atoms with Crippen molar-refractivity contribution in [3.05, 3.63) is 34.3 Å². The van der Waals surface area contributed by atoms with E-state index in [0.717, 1.165) is 17.4 Å². The Balaban J connectivity index is 2.45. The van der Waals surface area contributed by atoms with E-state index in [4.69, 9.17) is 0 Å². The molecule has 1 unspecified atom stereocenters. The minimum atomic E-state index is -0.483. The molecule has 0 aliphatic carbocycles. The molecule has 0 bridgehead atoms. The molecule has 0 radical (unpaired) electrons. The van der Waals surface area contributed by atoms with Crippen LogP contribution in [0, 0.1) is 0 Å². The van der Waals surface area contributed by atoms with E-state index in [1.165, 1.54) is 12.6 Å². The van der Waals surface area contributed by atoms with E-state index in [0.29, 0.717) is 0 Å². The van der Waals surface area contributed by atoms with Gasteiger partial charge in [-0.15, -0.1) is 0 Å². The van der Waals surface area contributed by atoms with Crippen LogP contribution in [-0.4, -0.2) is 43.5 Å². The third-order valence-corrected chi connectivity index (χ3v) is 3.70. The second-order valence-corrected chi connectivity index (χ2v) is 5.52. The van der Waals surface area contributed by atoms with Gasteiger partial charge in [0.1, 0.15) is 0 Å². The smallest absolute Gasteiger partial charge is 0.321 e. The molecule has 0 spiro atoms. The minimum Gasteiger partial charge on any atom is -0.341 e. The SMILES string of the molecule is CNC(=O)NC(=O)C(C)N(C)CCc1ccc(Br)cc1. The van der Waals surface area contributed by atoms with E-state index in [9.17, 15) is 9.59 Å². The fourth-order valence-corrected chi connectivity index (χ4v) is 1.89. The highest BCUT2D eigenvalue weighted by molar-refractivity contribution is 9.10. The zero-order chi connectivity index (χ0) is 15.1. The van der Waals surface area contributed by atoms with Gasteiger partial charge in [0.15, 0.2) is 0 Å². The summed E-state index contributed by atoms with van der Waals surface area (Å²) in [5, 5.41) is 4.64. The fourth-order valence-electron chi connectivity index (χ4n) is 1.63. The van der Waals surface area contributed by atoms with Crippen LogP contribution in [-0.2, 0) is 11.2 Å². The molecule has 0 aromatic heterocycles. The molecule has 2 N–H and O–H groups in total. The topological polar surface area (TPSA) is 61.4 Å². The molecule has 3 amide bonds. The first-order chi connectivity index (χ1) is 9.43. The van der Waals surface area contributed by atoms with Gasteiger partial charge in [-0.1, -0.05) is 28.1 Å². The molecule has 1 aromatic carbocycles. The quantitative estimate of drug-likeness (QED) is 0.857. The number of likely N-dealkylation sites (N-methyl/N-ethyl adjacent to an activating group) is 1. The number of benzene rings is 1. The first kappa shape index (κ1) is 16.7. The fraction of sp³-hybridized carbons (Fsp3) is 0.429. The number of nitrogens with zero attached hydrogens (tertiary/aromatic N) is 1. The molecule has 110 valence electrons. The normalized spacial score (nSPS) is 12.1. The first-order valence-corrected chi connectivity index (χ1v) is 7.20. The van der Waals surface area contributed by atoms with E-state index in [1.54, 1.807) is 6.92 Å². The van der Waals surface area contributed by atoms with Gasteiger partial charge in [0.05, 0.1) is 6.04 Å². The van der Waals surface area contributed by atoms with E-state index >= 15 is 0 Å². The Labute approximate surface area is 127 Å². The Hall–Kier alpha value is -1.40. The third-order valence-electron chi connectivity index (χ3n) is 3.17. The summed E-state index contributed by atoms with van der Waals surface area (Å²) in [6.45, 7) is 2.52. The van der Waals surface area contributed by atoms with E-state index in [2.05, 4.69) is 26.6 Å². The van der Waals surface area contributed by atoms with Gasteiger partial charge in [-0.3, -0.25) is 15.0 Å². The predicted octanol–water partition coefficient (Wildman–Crippen LogP) is 1.77. The van der Waals surface area contributed by atoms with Crippen molar-refractivity contribution in [1.29, 1.82) is 0 Å². The largest absolute Gasteiger partial charge is 0.341 e. The highest BCUT2D eigenvalue weighted by Crippen LogP contribution is 2.11. The Morgan fingerprint density at radius 2 is 1.90 bits per heavy atom. The number of hydrogen-bond acceptors (Lipinski definition) is 3. The Morgan fingerprint density at radius 3 is 2.45 bits per heavy atom. The Bertz CT molecular complexity index is 462. The minimum absolute atomic E-state index is 0.303. The van der Waals surface area contributed by atoms with Crippen molar-refractivity contribution in [2.45, 2.75) is 19.4 Å². The molecule has 0 fully saturated rings. The summed E-state index contributed by atoms with van der Waals surface area (Å²) in [6.07, 6.45) is 0.849. The first-order valence-electron chi connectivity index (χ1n) is 6.41. The number of carbonyl (C=O) groups is 2. The standard InChI is InChI=1S/C14H20BrN3O2/c1-10(13(19)17-14(20)16-2)18(3)9-8-11-4-6-12(15)7-5-11/h4-7,10H,8-9H2,1-3H3,(H2,16,17,19,20). The summed E-state index contributed by atoms with van der Waals surface area (Å²) < 4.78 is 1.05. The van der Waals surface area contributed by atoms with Gasteiger partial charge < -0.3 is 5.32 Å². The van der Waals surface area contributed by atoms with Crippen LogP contribution in [0.2, 0.25) is 0 Å². The molecule has 0 saturated heterocycles. The van der Waals surface area contributed by atoms with Crippen molar-refractivity contribution in [3.63, 3.8) is 0 Å². The lowest BCUT2D eigenvalue weighted by Crippen LogP contribution is -2.48. The average Bonchev–Trinajstić information content (AvgIpc) is 2.45. The highest BCUT2D eigenvalue weighted by Gasteiger charge is 2.19. The summed E-state index contributed by atoms with van der Waals surface area (Å²) in [5.41, 5.74) is 1.21. The number of rotatable bonds is 5. The average molecular weight is 342 g/mol. The van der Waals surface area contributed by atoms with Gasteiger partial charge in [-0.25, -0.2) is 4.79 Å². The molecule has 1 aromatic rings. The van der Waals surface area contributed by atoms with Crippen molar-refractivity contribution in [2.24, 2.45) is 0 Å². The van der Waals surface area contributed by atoms with Gasteiger partial charge in [0, 0.05) is 18.1 Å². The third kappa shape index (κ3) is 5.30. The number of amides is 3. The lowest BCUT2D eigenvalue weighted by molar-refractivity contribution is -0.124. The number of hydrogen-bond donors (Lipinski definition) is 2. The molecule has 1 atom stereocenters. The number of carbonyl (C=O) groups excluding carboxylic acids is 2.